The van der Waals surface area contributed by atoms with Crippen molar-refractivity contribution < 1.29 is 23.9 Å². The van der Waals surface area contributed by atoms with Crippen molar-refractivity contribution in [3.63, 3.8) is 0 Å². The third kappa shape index (κ3) is 9.18. The standard InChI is InChI=1S/C12H24O5Si/c1-3-5-7-16-12(15)10(13)9-11(14)17-18-8-6-4-2/h10,13H,3-9,18H2,1-2H3. The molecule has 0 rings (SSSR count). The van der Waals surface area contributed by atoms with E-state index in [1.165, 1.54) is 0 Å². The van der Waals surface area contributed by atoms with Crippen molar-refractivity contribution in [2.24, 2.45) is 0 Å². The smallest absolute Gasteiger partial charge is 0.335 e. The average Bonchev–Trinajstić information content (AvgIpc) is 2.34. The van der Waals surface area contributed by atoms with E-state index in [4.69, 9.17) is 9.16 Å². The van der Waals surface area contributed by atoms with E-state index in [0.29, 0.717) is 0 Å². The first-order chi connectivity index (χ1) is 8.61. The molecule has 0 fully saturated rings. The van der Waals surface area contributed by atoms with Crippen molar-refractivity contribution >= 4 is 21.7 Å². The van der Waals surface area contributed by atoms with Gasteiger partial charge in [-0.1, -0.05) is 33.1 Å². The topological polar surface area (TPSA) is 72.8 Å². The Morgan fingerprint density at radius 2 is 1.89 bits per heavy atom. The Morgan fingerprint density at radius 3 is 2.50 bits per heavy atom. The van der Waals surface area contributed by atoms with Crippen LogP contribution in [-0.2, 0) is 18.8 Å². The SMILES string of the molecule is CCCCOC(=O)C(O)CC(=O)O[SiH2]CCCC. The lowest BCUT2D eigenvalue weighted by atomic mass is 10.2. The van der Waals surface area contributed by atoms with Gasteiger partial charge in [-0.2, -0.15) is 0 Å². The molecule has 106 valence electrons. The molecule has 1 unspecified atom stereocenters. The number of esters is 1. The lowest BCUT2D eigenvalue weighted by Crippen LogP contribution is -2.27. The Kier molecular flexibility index (Phi) is 10.7. The van der Waals surface area contributed by atoms with Gasteiger partial charge in [-0.25, -0.2) is 4.79 Å². The minimum absolute atomic E-state index is 0.284. The second-order valence-electron chi connectivity index (χ2n) is 4.17. The summed E-state index contributed by atoms with van der Waals surface area (Å²) in [6, 6.07) is 0.944. The molecule has 0 saturated heterocycles. The lowest BCUT2D eigenvalue weighted by Gasteiger charge is -2.10. The van der Waals surface area contributed by atoms with E-state index >= 15 is 0 Å². The molecule has 0 aliphatic carbocycles. The molecule has 6 heteroatoms. The van der Waals surface area contributed by atoms with Crippen LogP contribution in [0.2, 0.25) is 6.04 Å². The Balaban J connectivity index is 3.68. The molecule has 5 nitrogen and oxygen atoms in total. The third-order valence-electron chi connectivity index (χ3n) is 2.39. The Bertz CT molecular complexity index is 245. The fourth-order valence-electron chi connectivity index (χ4n) is 1.25. The van der Waals surface area contributed by atoms with Crippen LogP contribution in [0.5, 0.6) is 0 Å². The van der Waals surface area contributed by atoms with Gasteiger partial charge in [0.05, 0.1) is 13.0 Å². The van der Waals surface area contributed by atoms with Gasteiger partial charge in [-0.3, -0.25) is 4.79 Å². The molecule has 0 radical (unpaired) electrons. The number of carbonyl (C=O) groups is 2. The molecule has 0 heterocycles. The summed E-state index contributed by atoms with van der Waals surface area (Å²) in [7, 11) is -0.847. The predicted octanol–water partition coefficient (Wildman–Crippen LogP) is 0.926. The predicted molar refractivity (Wildman–Crippen MR) is 70.8 cm³/mol. The number of aliphatic hydroxyl groups excluding tert-OH is 1. The van der Waals surface area contributed by atoms with Crippen LogP contribution in [0.25, 0.3) is 0 Å². The molecule has 0 aromatic carbocycles. The number of carbonyl (C=O) groups excluding carboxylic acids is 2. The molecule has 0 aromatic rings. The Hall–Kier alpha value is -0.883. The highest BCUT2D eigenvalue weighted by atomic mass is 28.2. The van der Waals surface area contributed by atoms with E-state index in [9.17, 15) is 14.7 Å². The maximum absolute atomic E-state index is 11.3. The number of rotatable bonds is 10. The van der Waals surface area contributed by atoms with Crippen molar-refractivity contribution in [3.05, 3.63) is 0 Å². The number of hydrogen-bond donors (Lipinski definition) is 1. The number of unbranched alkanes of at least 4 members (excludes halogenated alkanes) is 2. The van der Waals surface area contributed by atoms with Crippen LogP contribution in [0, 0.1) is 0 Å². The molecule has 1 atom stereocenters. The first kappa shape index (κ1) is 17.1. The zero-order chi connectivity index (χ0) is 13.8. The summed E-state index contributed by atoms with van der Waals surface area (Å²) in [5.41, 5.74) is 0. The highest BCUT2D eigenvalue weighted by molar-refractivity contribution is 6.30. The van der Waals surface area contributed by atoms with Crippen LogP contribution in [0.1, 0.15) is 46.0 Å². The normalized spacial score (nSPS) is 12.6. The molecular formula is C12H24O5Si. The van der Waals surface area contributed by atoms with Gasteiger partial charge >= 0.3 is 5.97 Å². The zero-order valence-corrected chi connectivity index (χ0v) is 12.7. The van der Waals surface area contributed by atoms with Crippen LogP contribution in [0.4, 0.5) is 0 Å². The third-order valence-corrected chi connectivity index (χ3v) is 3.70. The minimum Gasteiger partial charge on any atom is -0.525 e. The van der Waals surface area contributed by atoms with Gasteiger partial charge in [0.15, 0.2) is 6.10 Å². The van der Waals surface area contributed by atoms with Gasteiger partial charge in [0.1, 0.15) is 0 Å². The fourth-order valence-corrected chi connectivity index (χ4v) is 2.45. The quantitative estimate of drug-likeness (QED) is 0.365. The van der Waals surface area contributed by atoms with Gasteiger partial charge < -0.3 is 14.3 Å². The molecule has 0 aliphatic rings. The van der Waals surface area contributed by atoms with E-state index in [-0.39, 0.29) is 13.0 Å². The van der Waals surface area contributed by atoms with E-state index in [2.05, 4.69) is 6.92 Å². The van der Waals surface area contributed by atoms with Crippen LogP contribution in [0.3, 0.4) is 0 Å². The molecule has 1 N–H and O–H groups in total. The minimum atomic E-state index is -1.39. The summed E-state index contributed by atoms with van der Waals surface area (Å²) >= 11 is 0. The van der Waals surface area contributed by atoms with E-state index in [1.54, 1.807) is 0 Å². The van der Waals surface area contributed by atoms with Crippen LogP contribution < -0.4 is 0 Å². The number of hydrogen-bond acceptors (Lipinski definition) is 5. The monoisotopic (exact) mass is 276 g/mol. The van der Waals surface area contributed by atoms with Crippen LogP contribution >= 0.6 is 0 Å². The molecule has 18 heavy (non-hydrogen) atoms. The van der Waals surface area contributed by atoms with Crippen LogP contribution in [-0.4, -0.2) is 39.5 Å². The summed E-state index contributed by atoms with van der Waals surface area (Å²) < 4.78 is 9.83. The molecule has 0 aliphatic heterocycles. The number of ether oxygens (including phenoxy) is 1. The van der Waals surface area contributed by atoms with Gasteiger partial charge in [0.25, 0.3) is 5.97 Å². The summed E-state index contributed by atoms with van der Waals surface area (Å²) in [4.78, 5) is 22.6. The largest absolute Gasteiger partial charge is 0.525 e. The lowest BCUT2D eigenvalue weighted by molar-refractivity contribution is -0.157. The van der Waals surface area contributed by atoms with Gasteiger partial charge in [0, 0.05) is 0 Å². The van der Waals surface area contributed by atoms with Crippen molar-refractivity contribution in [2.75, 3.05) is 6.61 Å². The molecule has 0 saturated carbocycles. The summed E-state index contributed by atoms with van der Waals surface area (Å²) in [6.07, 6.45) is 2.11. The molecule has 0 amide bonds. The maximum atomic E-state index is 11.3. The van der Waals surface area contributed by atoms with E-state index in [1.807, 2.05) is 6.92 Å². The van der Waals surface area contributed by atoms with Crippen molar-refractivity contribution in [1.29, 1.82) is 0 Å². The maximum Gasteiger partial charge on any atom is 0.335 e. The summed E-state index contributed by atoms with van der Waals surface area (Å²) in [6.45, 7) is 4.33. The van der Waals surface area contributed by atoms with Crippen molar-refractivity contribution in [1.82, 2.24) is 0 Å². The Morgan fingerprint density at radius 1 is 1.22 bits per heavy atom. The Labute approximate surface area is 111 Å². The molecular weight excluding hydrogens is 252 g/mol. The van der Waals surface area contributed by atoms with Crippen molar-refractivity contribution in [2.45, 2.75) is 58.1 Å². The second kappa shape index (κ2) is 11.2. The van der Waals surface area contributed by atoms with Gasteiger partial charge in [0.2, 0.25) is 9.76 Å². The van der Waals surface area contributed by atoms with Gasteiger partial charge in [-0.05, 0) is 12.5 Å². The van der Waals surface area contributed by atoms with E-state index in [0.717, 1.165) is 31.7 Å². The molecule has 0 spiro atoms. The first-order valence-electron chi connectivity index (χ1n) is 6.62. The highest BCUT2D eigenvalue weighted by Gasteiger charge is 2.20. The molecule has 0 aromatic heterocycles. The number of aliphatic hydroxyl groups is 1. The second-order valence-corrected chi connectivity index (χ2v) is 5.57. The fraction of sp³-hybridized carbons (Fsp3) is 0.833. The van der Waals surface area contributed by atoms with Gasteiger partial charge in [-0.15, -0.1) is 0 Å². The first-order valence-corrected chi connectivity index (χ1v) is 8.19. The van der Waals surface area contributed by atoms with Crippen LogP contribution in [0.15, 0.2) is 0 Å². The van der Waals surface area contributed by atoms with Crippen molar-refractivity contribution in [3.8, 4) is 0 Å². The average molecular weight is 276 g/mol. The van der Waals surface area contributed by atoms with E-state index < -0.39 is 27.8 Å². The molecule has 0 bridgehead atoms. The summed E-state index contributed by atoms with van der Waals surface area (Å²) in [5.74, 6) is -1.24. The highest BCUT2D eigenvalue weighted by Crippen LogP contribution is 2.01. The summed E-state index contributed by atoms with van der Waals surface area (Å²) in [5, 5.41) is 9.43. The zero-order valence-electron chi connectivity index (χ0n) is 11.3.